The molecule has 0 radical (unpaired) electrons. The average Bonchev–Trinajstić information content (AvgIpc) is 2.77. The smallest absolute Gasteiger partial charge is 0.162 e. The van der Waals surface area contributed by atoms with E-state index in [1.807, 2.05) is 37.2 Å². The minimum Gasteiger partial charge on any atom is -0.454 e. The van der Waals surface area contributed by atoms with Crippen molar-refractivity contribution in [1.82, 2.24) is 4.90 Å². The molecule has 5 heteroatoms. The lowest BCUT2D eigenvalue weighted by Gasteiger charge is -2.10. The molecule has 2 nitrogen and oxygen atoms in total. The van der Waals surface area contributed by atoms with E-state index in [0.29, 0.717) is 26.6 Å². The van der Waals surface area contributed by atoms with Crippen LogP contribution in [0, 0.1) is 0 Å². The van der Waals surface area contributed by atoms with Crippen molar-refractivity contribution in [3.63, 3.8) is 0 Å². The fraction of sp³-hybridized carbons (Fsp3) is 0.154. The number of furan rings is 1. The van der Waals surface area contributed by atoms with Gasteiger partial charge in [-0.05, 0) is 30.3 Å². The van der Waals surface area contributed by atoms with Gasteiger partial charge in [-0.1, -0.05) is 35.4 Å². The zero-order valence-corrected chi connectivity index (χ0v) is 12.2. The van der Waals surface area contributed by atoms with Crippen molar-refractivity contribution < 1.29 is 4.42 Å². The first-order chi connectivity index (χ1) is 8.49. The van der Waals surface area contributed by atoms with Gasteiger partial charge in [0, 0.05) is 24.7 Å². The van der Waals surface area contributed by atoms with Crippen molar-refractivity contribution in [2.75, 3.05) is 14.1 Å². The summed E-state index contributed by atoms with van der Waals surface area (Å²) < 4.78 is 5.70. The maximum Gasteiger partial charge on any atom is 0.162 e. The van der Waals surface area contributed by atoms with Crippen LogP contribution >= 0.6 is 35.4 Å². The van der Waals surface area contributed by atoms with Gasteiger partial charge in [0.25, 0.3) is 0 Å². The van der Waals surface area contributed by atoms with Gasteiger partial charge in [-0.2, -0.15) is 0 Å². The second kappa shape index (κ2) is 5.31. The summed E-state index contributed by atoms with van der Waals surface area (Å²) in [4.78, 5) is 2.47. The third-order valence-electron chi connectivity index (χ3n) is 2.42. The molecule has 0 saturated carbocycles. The molecule has 1 aromatic carbocycles. The van der Waals surface area contributed by atoms with Gasteiger partial charge in [-0.25, -0.2) is 0 Å². The number of hydrogen-bond donors (Lipinski definition) is 0. The highest BCUT2D eigenvalue weighted by molar-refractivity contribution is 7.80. The summed E-state index contributed by atoms with van der Waals surface area (Å²) in [5.74, 6) is 1.33. The molecule has 0 saturated heterocycles. The van der Waals surface area contributed by atoms with Gasteiger partial charge < -0.3 is 9.32 Å². The molecule has 1 heterocycles. The number of benzene rings is 1. The minimum atomic E-state index is 0.555. The summed E-state index contributed by atoms with van der Waals surface area (Å²) >= 11 is 17.2. The van der Waals surface area contributed by atoms with Crippen molar-refractivity contribution in [3.05, 3.63) is 46.1 Å². The molecule has 0 amide bonds. The molecule has 18 heavy (non-hydrogen) atoms. The first-order valence-corrected chi connectivity index (χ1v) is 6.42. The summed E-state index contributed by atoms with van der Waals surface area (Å²) in [5, 5.41) is 1.15. The largest absolute Gasteiger partial charge is 0.454 e. The van der Waals surface area contributed by atoms with Gasteiger partial charge >= 0.3 is 0 Å². The number of thiocarbonyl (C=S) groups is 1. The van der Waals surface area contributed by atoms with E-state index in [4.69, 9.17) is 39.8 Å². The van der Waals surface area contributed by atoms with Crippen LogP contribution in [-0.4, -0.2) is 24.0 Å². The molecule has 0 unspecified atom stereocenters. The number of rotatable bonds is 2. The second-order valence-electron chi connectivity index (χ2n) is 3.99. The first kappa shape index (κ1) is 13.4. The van der Waals surface area contributed by atoms with Crippen molar-refractivity contribution in [2.24, 2.45) is 0 Å². The highest BCUT2D eigenvalue weighted by Crippen LogP contribution is 2.31. The molecule has 0 N–H and O–H groups in total. The SMILES string of the molecule is CN(C)C(=S)c1ccc(-c2ccc(Cl)cc2Cl)o1. The second-order valence-corrected chi connectivity index (χ2v) is 5.22. The Hall–Kier alpha value is -1.03. The Morgan fingerprint density at radius 2 is 1.89 bits per heavy atom. The van der Waals surface area contributed by atoms with E-state index in [-0.39, 0.29) is 0 Å². The van der Waals surface area contributed by atoms with E-state index in [0.717, 1.165) is 5.56 Å². The van der Waals surface area contributed by atoms with Crippen LogP contribution in [0.15, 0.2) is 34.7 Å². The van der Waals surface area contributed by atoms with Crippen LogP contribution in [0.1, 0.15) is 5.76 Å². The predicted octanol–water partition coefficient (Wildman–Crippen LogP) is 4.49. The summed E-state index contributed by atoms with van der Waals surface area (Å²) in [7, 11) is 3.75. The van der Waals surface area contributed by atoms with Crippen LogP contribution in [0.2, 0.25) is 10.0 Å². The third kappa shape index (κ3) is 2.69. The standard InChI is InChI=1S/C13H11Cl2NOS/c1-16(2)13(18)12-6-5-11(17-12)9-4-3-8(14)7-10(9)15/h3-7H,1-2H3. The van der Waals surface area contributed by atoms with Crippen molar-refractivity contribution in [1.29, 1.82) is 0 Å². The molecule has 94 valence electrons. The van der Waals surface area contributed by atoms with Gasteiger partial charge in [0.05, 0.1) is 5.02 Å². The number of halogens is 2. The lowest BCUT2D eigenvalue weighted by atomic mass is 10.2. The zero-order chi connectivity index (χ0) is 13.3. The maximum absolute atomic E-state index is 6.13. The monoisotopic (exact) mass is 299 g/mol. The van der Waals surface area contributed by atoms with Crippen molar-refractivity contribution in [2.45, 2.75) is 0 Å². The molecular formula is C13H11Cl2NOS. The quantitative estimate of drug-likeness (QED) is 0.760. The normalized spacial score (nSPS) is 10.4. The Morgan fingerprint density at radius 1 is 1.17 bits per heavy atom. The molecule has 0 fully saturated rings. The Balaban J connectivity index is 2.38. The van der Waals surface area contributed by atoms with Crippen LogP contribution in [-0.2, 0) is 0 Å². The Bertz CT molecular complexity index is 592. The van der Waals surface area contributed by atoms with Gasteiger partial charge in [-0.3, -0.25) is 0 Å². The summed E-state index contributed by atoms with van der Waals surface area (Å²) in [6, 6.07) is 8.97. The molecule has 0 aliphatic heterocycles. The lowest BCUT2D eigenvalue weighted by Crippen LogP contribution is -2.19. The molecule has 0 aliphatic rings. The Kier molecular flexibility index (Phi) is 3.95. The van der Waals surface area contributed by atoms with Crippen LogP contribution in [0.3, 0.4) is 0 Å². The fourth-order valence-corrected chi connectivity index (χ4v) is 2.12. The third-order valence-corrected chi connectivity index (χ3v) is 3.53. The molecule has 2 rings (SSSR count). The highest BCUT2D eigenvalue weighted by Gasteiger charge is 2.12. The van der Waals surface area contributed by atoms with Crippen molar-refractivity contribution in [3.8, 4) is 11.3 Å². The van der Waals surface area contributed by atoms with Gasteiger partial charge in [-0.15, -0.1) is 0 Å². The van der Waals surface area contributed by atoms with Crippen LogP contribution in [0.4, 0.5) is 0 Å². The van der Waals surface area contributed by atoms with E-state index >= 15 is 0 Å². The van der Waals surface area contributed by atoms with E-state index in [2.05, 4.69) is 0 Å². The van der Waals surface area contributed by atoms with Crippen LogP contribution < -0.4 is 0 Å². The Morgan fingerprint density at radius 3 is 2.50 bits per heavy atom. The lowest BCUT2D eigenvalue weighted by molar-refractivity contribution is 0.545. The van der Waals surface area contributed by atoms with E-state index in [1.54, 1.807) is 12.1 Å². The molecule has 0 bridgehead atoms. The summed E-state index contributed by atoms with van der Waals surface area (Å²) in [6.45, 7) is 0. The molecule has 0 spiro atoms. The van der Waals surface area contributed by atoms with Crippen LogP contribution in [0.5, 0.6) is 0 Å². The zero-order valence-electron chi connectivity index (χ0n) is 9.91. The first-order valence-electron chi connectivity index (χ1n) is 5.26. The molecule has 0 atom stereocenters. The summed E-state index contributed by atoms with van der Waals surface area (Å²) in [6.07, 6.45) is 0. The molecular weight excluding hydrogens is 289 g/mol. The minimum absolute atomic E-state index is 0.555. The highest BCUT2D eigenvalue weighted by atomic mass is 35.5. The molecule has 0 aliphatic carbocycles. The fourth-order valence-electron chi connectivity index (χ4n) is 1.51. The van der Waals surface area contributed by atoms with Crippen LogP contribution in [0.25, 0.3) is 11.3 Å². The van der Waals surface area contributed by atoms with Gasteiger partial charge in [0.1, 0.15) is 10.7 Å². The summed E-state index contributed by atoms with van der Waals surface area (Å²) in [5.41, 5.74) is 0.800. The topological polar surface area (TPSA) is 16.4 Å². The molecule has 1 aromatic heterocycles. The van der Waals surface area contributed by atoms with E-state index in [1.165, 1.54) is 0 Å². The number of hydrogen-bond acceptors (Lipinski definition) is 2. The predicted molar refractivity (Wildman–Crippen MR) is 79.6 cm³/mol. The Labute approximate surface area is 121 Å². The number of nitrogens with zero attached hydrogens (tertiary/aromatic N) is 1. The maximum atomic E-state index is 6.13. The van der Waals surface area contributed by atoms with Crippen molar-refractivity contribution >= 4 is 40.4 Å². The molecule has 2 aromatic rings. The van der Waals surface area contributed by atoms with Gasteiger partial charge in [0.15, 0.2) is 5.76 Å². The average molecular weight is 300 g/mol. The van der Waals surface area contributed by atoms with E-state index in [9.17, 15) is 0 Å². The van der Waals surface area contributed by atoms with E-state index < -0.39 is 0 Å². The van der Waals surface area contributed by atoms with Gasteiger partial charge in [0.2, 0.25) is 0 Å².